The Morgan fingerprint density at radius 2 is 2.20 bits per heavy atom. The van der Waals surface area contributed by atoms with Crippen LogP contribution in [0.1, 0.15) is 67.1 Å². The SMILES string of the molecule is C=CC(=O)N1CCC=C(c2ccc(C(CC)C(=O)Cc3cc(C4CC4)n[nH]3)cn2)C1. The van der Waals surface area contributed by atoms with Crippen molar-refractivity contribution in [2.45, 2.75) is 50.9 Å². The van der Waals surface area contributed by atoms with E-state index >= 15 is 0 Å². The summed E-state index contributed by atoms with van der Waals surface area (Å²) in [7, 11) is 0. The maximum Gasteiger partial charge on any atom is 0.246 e. The minimum Gasteiger partial charge on any atom is -0.334 e. The normalized spacial score (nSPS) is 17.4. The average Bonchev–Trinajstić information content (AvgIpc) is 3.53. The number of Topliss-reactive ketones (excluding diaryl/α,β-unsaturated/α-hetero) is 1. The number of rotatable bonds is 8. The largest absolute Gasteiger partial charge is 0.334 e. The summed E-state index contributed by atoms with van der Waals surface area (Å²) in [5.41, 5.74) is 4.80. The summed E-state index contributed by atoms with van der Waals surface area (Å²) in [4.78, 5) is 31.2. The van der Waals surface area contributed by atoms with Crippen LogP contribution < -0.4 is 0 Å². The average molecular weight is 405 g/mol. The molecular weight excluding hydrogens is 376 g/mol. The molecule has 0 aromatic carbocycles. The number of amides is 1. The third-order valence-corrected chi connectivity index (χ3v) is 5.96. The third kappa shape index (κ3) is 4.42. The molecule has 1 aliphatic carbocycles. The summed E-state index contributed by atoms with van der Waals surface area (Å²) < 4.78 is 0. The summed E-state index contributed by atoms with van der Waals surface area (Å²) in [6, 6.07) is 5.99. The maximum atomic E-state index is 12.9. The second-order valence-corrected chi connectivity index (χ2v) is 8.15. The van der Waals surface area contributed by atoms with Crippen molar-refractivity contribution in [3.05, 3.63) is 65.8 Å². The van der Waals surface area contributed by atoms with Gasteiger partial charge in [0.1, 0.15) is 5.78 Å². The Hall–Kier alpha value is -3.02. The van der Waals surface area contributed by atoms with Crippen LogP contribution in [-0.4, -0.2) is 44.9 Å². The fraction of sp³-hybridized carbons (Fsp3) is 0.417. The Labute approximate surface area is 177 Å². The fourth-order valence-electron chi connectivity index (χ4n) is 4.07. The van der Waals surface area contributed by atoms with Crippen molar-refractivity contribution in [2.75, 3.05) is 13.1 Å². The summed E-state index contributed by atoms with van der Waals surface area (Å²) in [6.07, 6.45) is 9.59. The van der Waals surface area contributed by atoms with Crippen molar-refractivity contribution in [3.8, 4) is 0 Å². The number of aromatic amines is 1. The van der Waals surface area contributed by atoms with E-state index in [1.165, 1.54) is 18.9 Å². The first-order valence-electron chi connectivity index (χ1n) is 10.7. The number of H-pyrrole nitrogens is 1. The molecule has 156 valence electrons. The molecule has 1 N–H and O–H groups in total. The minimum atomic E-state index is -0.182. The number of hydrogen-bond donors (Lipinski definition) is 1. The van der Waals surface area contributed by atoms with E-state index < -0.39 is 0 Å². The lowest BCUT2D eigenvalue weighted by Crippen LogP contribution is -2.34. The number of nitrogens with one attached hydrogen (secondary N) is 1. The number of carbonyl (C=O) groups is 2. The molecule has 0 spiro atoms. The molecule has 4 rings (SSSR count). The highest BCUT2D eigenvalue weighted by Crippen LogP contribution is 2.39. The van der Waals surface area contributed by atoms with Crippen LogP contribution in [-0.2, 0) is 16.0 Å². The highest BCUT2D eigenvalue weighted by Gasteiger charge is 2.27. The van der Waals surface area contributed by atoms with Crippen molar-refractivity contribution in [3.63, 3.8) is 0 Å². The van der Waals surface area contributed by atoms with Crippen molar-refractivity contribution in [2.24, 2.45) is 0 Å². The third-order valence-electron chi connectivity index (χ3n) is 5.96. The first kappa shape index (κ1) is 20.3. The molecule has 1 aliphatic heterocycles. The summed E-state index contributed by atoms with van der Waals surface area (Å²) in [5, 5.41) is 7.37. The predicted molar refractivity (Wildman–Crippen MR) is 116 cm³/mol. The number of carbonyl (C=O) groups excluding carboxylic acids is 2. The summed E-state index contributed by atoms with van der Waals surface area (Å²) >= 11 is 0. The monoisotopic (exact) mass is 404 g/mol. The minimum absolute atomic E-state index is 0.0579. The van der Waals surface area contributed by atoms with Crippen LogP contribution in [0.5, 0.6) is 0 Å². The van der Waals surface area contributed by atoms with Gasteiger partial charge in [-0.25, -0.2) is 0 Å². The van der Waals surface area contributed by atoms with E-state index in [9.17, 15) is 9.59 Å². The lowest BCUT2D eigenvalue weighted by Gasteiger charge is -2.26. The molecule has 6 nitrogen and oxygen atoms in total. The summed E-state index contributed by atoms with van der Waals surface area (Å²) in [5.74, 6) is 0.518. The van der Waals surface area contributed by atoms with E-state index in [1.807, 2.05) is 25.1 Å². The first-order valence-corrected chi connectivity index (χ1v) is 10.7. The van der Waals surface area contributed by atoms with E-state index in [1.54, 1.807) is 11.1 Å². The van der Waals surface area contributed by atoms with Gasteiger partial charge in [0.15, 0.2) is 0 Å². The van der Waals surface area contributed by atoms with E-state index in [0.717, 1.165) is 41.1 Å². The zero-order valence-electron chi connectivity index (χ0n) is 17.4. The van der Waals surface area contributed by atoms with Gasteiger partial charge < -0.3 is 4.90 Å². The van der Waals surface area contributed by atoms with Gasteiger partial charge in [-0.05, 0) is 55.0 Å². The van der Waals surface area contributed by atoms with Crippen molar-refractivity contribution in [1.29, 1.82) is 0 Å². The molecule has 1 saturated carbocycles. The van der Waals surface area contributed by atoms with Crippen LogP contribution in [0.3, 0.4) is 0 Å². The zero-order valence-corrected chi connectivity index (χ0v) is 17.4. The quantitative estimate of drug-likeness (QED) is 0.679. The molecule has 1 unspecified atom stereocenters. The molecule has 1 amide bonds. The number of aromatic nitrogens is 3. The number of pyridine rings is 1. The number of hydrogen-bond acceptors (Lipinski definition) is 4. The Morgan fingerprint density at radius 1 is 1.37 bits per heavy atom. The van der Waals surface area contributed by atoms with Gasteiger partial charge in [-0.1, -0.05) is 25.6 Å². The molecule has 0 bridgehead atoms. The highest BCUT2D eigenvalue weighted by atomic mass is 16.2. The molecule has 2 aliphatic rings. The summed E-state index contributed by atoms with van der Waals surface area (Å²) in [6.45, 7) is 6.84. The molecule has 0 radical (unpaired) electrons. The Morgan fingerprint density at radius 3 is 2.87 bits per heavy atom. The van der Waals surface area contributed by atoms with Crippen molar-refractivity contribution >= 4 is 17.3 Å². The smallest absolute Gasteiger partial charge is 0.246 e. The van der Waals surface area contributed by atoms with E-state index in [-0.39, 0.29) is 17.6 Å². The standard InChI is InChI=1S/C24H28N4O2/c1-3-20(23(29)13-19-12-22(27-26-19)16-7-8-16)17-9-10-21(25-14-17)18-6-5-11-28(15-18)24(30)4-2/h4,6,9-10,12,14,16,20H,2-3,5,7-8,11,13,15H2,1H3,(H,26,27). The lowest BCUT2D eigenvalue weighted by atomic mass is 9.90. The molecule has 30 heavy (non-hydrogen) atoms. The second-order valence-electron chi connectivity index (χ2n) is 8.15. The van der Waals surface area contributed by atoms with Crippen molar-refractivity contribution < 1.29 is 9.59 Å². The van der Waals surface area contributed by atoms with E-state index in [0.29, 0.717) is 25.4 Å². The maximum absolute atomic E-state index is 12.9. The van der Waals surface area contributed by atoms with E-state index in [2.05, 4.69) is 27.8 Å². The van der Waals surface area contributed by atoms with Gasteiger partial charge in [-0.2, -0.15) is 5.10 Å². The van der Waals surface area contributed by atoms with Crippen LogP contribution in [0.15, 0.2) is 43.1 Å². The van der Waals surface area contributed by atoms with Gasteiger partial charge in [0.2, 0.25) is 5.91 Å². The van der Waals surface area contributed by atoms with Gasteiger partial charge in [-0.3, -0.25) is 19.7 Å². The van der Waals surface area contributed by atoms with Gasteiger partial charge in [0.05, 0.1) is 11.4 Å². The molecule has 2 aromatic rings. The molecular formula is C24H28N4O2. The molecule has 1 fully saturated rings. The van der Waals surface area contributed by atoms with Crippen molar-refractivity contribution in [1.82, 2.24) is 20.1 Å². The molecule has 6 heteroatoms. The molecule has 0 saturated heterocycles. The van der Waals surface area contributed by atoms with Gasteiger partial charge in [0, 0.05) is 43.2 Å². The highest BCUT2D eigenvalue weighted by molar-refractivity contribution is 5.89. The zero-order chi connectivity index (χ0) is 21.1. The van der Waals surface area contributed by atoms with Crippen LogP contribution in [0.25, 0.3) is 5.57 Å². The van der Waals surface area contributed by atoms with E-state index in [4.69, 9.17) is 0 Å². The topological polar surface area (TPSA) is 79.0 Å². The fourth-order valence-corrected chi connectivity index (χ4v) is 4.07. The molecule has 1 atom stereocenters. The second kappa shape index (κ2) is 8.78. The van der Waals surface area contributed by atoms with Gasteiger partial charge in [0.25, 0.3) is 0 Å². The van der Waals surface area contributed by atoms with Gasteiger partial charge >= 0.3 is 0 Å². The van der Waals surface area contributed by atoms with Gasteiger partial charge in [-0.15, -0.1) is 0 Å². The number of ketones is 1. The molecule has 3 heterocycles. The Bertz CT molecular complexity index is 969. The van der Waals surface area contributed by atoms with Crippen LogP contribution in [0.2, 0.25) is 0 Å². The molecule has 2 aromatic heterocycles. The Kier molecular flexibility index (Phi) is 5.93. The van der Waals surface area contributed by atoms with Crippen LogP contribution in [0.4, 0.5) is 0 Å². The van der Waals surface area contributed by atoms with Crippen LogP contribution >= 0.6 is 0 Å². The predicted octanol–water partition coefficient (Wildman–Crippen LogP) is 3.79. The Balaban J connectivity index is 1.43. The lowest BCUT2D eigenvalue weighted by molar-refractivity contribution is -0.125. The first-order chi connectivity index (χ1) is 14.6. The number of nitrogens with zero attached hydrogens (tertiary/aromatic N) is 3. The van der Waals surface area contributed by atoms with Crippen LogP contribution in [0, 0.1) is 0 Å².